The van der Waals surface area contributed by atoms with Gasteiger partial charge >= 0.3 is 11.9 Å². The molecule has 3 rings (SSSR count). The van der Waals surface area contributed by atoms with Gasteiger partial charge in [0, 0.05) is 5.56 Å². The molecule has 0 spiro atoms. The van der Waals surface area contributed by atoms with Crippen LogP contribution in [0.15, 0.2) is 51.5 Å². The number of carboxylic acid groups (broad SMARTS) is 1. The van der Waals surface area contributed by atoms with Gasteiger partial charge in [-0.15, -0.1) is 0 Å². The molecule has 0 unspecified atom stereocenters. The van der Waals surface area contributed by atoms with E-state index < -0.39 is 11.9 Å². The Bertz CT molecular complexity index is 829. The Kier molecular flexibility index (Phi) is 3.34. The number of rotatable bonds is 3. The number of carbonyl (C=O) groups excluding carboxylic acids is 1. The third-order valence-electron chi connectivity index (χ3n) is 3.18. The molecule has 0 fully saturated rings. The Hall–Kier alpha value is -3.15. The summed E-state index contributed by atoms with van der Waals surface area (Å²) in [5.41, 5.74) is 1.64. The van der Waals surface area contributed by atoms with Crippen molar-refractivity contribution in [3.63, 3.8) is 0 Å². The lowest BCUT2D eigenvalue weighted by molar-refractivity contribution is -0.136. The van der Waals surface area contributed by atoms with E-state index in [1.807, 2.05) is 0 Å². The molecule has 0 aliphatic carbocycles. The largest absolute Gasteiger partial charge is 0.478 e. The van der Waals surface area contributed by atoms with Crippen LogP contribution in [0.3, 0.4) is 0 Å². The van der Waals surface area contributed by atoms with Crippen LogP contribution in [0, 0.1) is 0 Å². The van der Waals surface area contributed by atoms with Gasteiger partial charge in [-0.1, -0.05) is 17.3 Å². The van der Waals surface area contributed by atoms with Crippen molar-refractivity contribution in [1.29, 1.82) is 0 Å². The highest BCUT2D eigenvalue weighted by atomic mass is 16.7. The zero-order valence-electron chi connectivity index (χ0n) is 11.6. The van der Waals surface area contributed by atoms with Gasteiger partial charge in [0.1, 0.15) is 11.5 Å². The van der Waals surface area contributed by atoms with Crippen molar-refractivity contribution in [2.24, 2.45) is 5.16 Å². The summed E-state index contributed by atoms with van der Waals surface area (Å²) in [5.74, 6) is -0.561. The minimum atomic E-state index is -1.00. The van der Waals surface area contributed by atoms with Crippen LogP contribution in [0.4, 0.5) is 0 Å². The summed E-state index contributed by atoms with van der Waals surface area (Å²) in [6.07, 6.45) is 1.54. The molecule has 0 saturated heterocycles. The van der Waals surface area contributed by atoms with Crippen LogP contribution in [0.2, 0.25) is 0 Å². The lowest BCUT2D eigenvalue weighted by atomic mass is 10.1. The van der Waals surface area contributed by atoms with Crippen LogP contribution in [-0.2, 0) is 9.63 Å². The number of nitrogens with zero attached hydrogens (tertiary/aromatic N) is 1. The zero-order chi connectivity index (χ0) is 15.7. The molecule has 0 radical (unpaired) electrons. The number of carboxylic acids is 1. The molecular weight excluding hydrogens is 286 g/mol. The second-order valence-corrected chi connectivity index (χ2v) is 4.70. The predicted octanol–water partition coefficient (Wildman–Crippen LogP) is 2.96. The highest BCUT2D eigenvalue weighted by molar-refractivity contribution is 6.24. The number of oxime groups is 1. The van der Waals surface area contributed by atoms with E-state index in [0.717, 1.165) is 0 Å². The number of hydrogen-bond donors (Lipinski definition) is 1. The summed E-state index contributed by atoms with van der Waals surface area (Å²) in [6.45, 7) is 1.66. The van der Waals surface area contributed by atoms with Crippen molar-refractivity contribution in [1.82, 2.24) is 0 Å². The van der Waals surface area contributed by atoms with Crippen LogP contribution in [0.1, 0.15) is 23.0 Å². The standard InChI is InChI=1S/C16H11NO5/c1-9-13(16(20)22-17-9)8-12-5-6-14(21-12)10-3-2-4-11(7-10)15(18)19/h2-8H,1H3,(H,18,19)/b13-8-. The first-order chi connectivity index (χ1) is 10.5. The predicted molar refractivity (Wildman–Crippen MR) is 78.3 cm³/mol. The first kappa shape index (κ1) is 13.8. The monoisotopic (exact) mass is 297 g/mol. The van der Waals surface area contributed by atoms with Crippen molar-refractivity contribution in [3.05, 3.63) is 53.3 Å². The Labute approximate surface area is 125 Å². The molecule has 0 bridgehead atoms. The summed E-state index contributed by atoms with van der Waals surface area (Å²) in [6, 6.07) is 9.82. The Morgan fingerprint density at radius 1 is 1.27 bits per heavy atom. The molecule has 0 saturated carbocycles. The van der Waals surface area contributed by atoms with Gasteiger partial charge in [-0.2, -0.15) is 0 Å². The fourth-order valence-corrected chi connectivity index (χ4v) is 2.05. The van der Waals surface area contributed by atoms with E-state index in [2.05, 4.69) is 9.99 Å². The Balaban J connectivity index is 1.93. The van der Waals surface area contributed by atoms with E-state index in [1.165, 1.54) is 12.1 Å². The number of benzene rings is 1. The van der Waals surface area contributed by atoms with Gasteiger partial charge in [-0.3, -0.25) is 0 Å². The quantitative estimate of drug-likeness (QED) is 0.695. The van der Waals surface area contributed by atoms with Crippen LogP contribution in [-0.4, -0.2) is 22.8 Å². The topological polar surface area (TPSA) is 89.1 Å². The lowest BCUT2D eigenvalue weighted by Crippen LogP contribution is -2.01. The molecule has 0 atom stereocenters. The second-order valence-electron chi connectivity index (χ2n) is 4.70. The zero-order valence-corrected chi connectivity index (χ0v) is 11.6. The van der Waals surface area contributed by atoms with E-state index in [4.69, 9.17) is 9.52 Å². The number of carbonyl (C=O) groups is 2. The van der Waals surface area contributed by atoms with Crippen molar-refractivity contribution >= 4 is 23.7 Å². The number of aromatic carboxylic acids is 1. The molecule has 1 aromatic carbocycles. The fraction of sp³-hybridized carbons (Fsp3) is 0.0625. The van der Waals surface area contributed by atoms with Crippen molar-refractivity contribution in [2.75, 3.05) is 0 Å². The van der Waals surface area contributed by atoms with Crippen LogP contribution >= 0.6 is 0 Å². The van der Waals surface area contributed by atoms with Gasteiger partial charge in [0.15, 0.2) is 0 Å². The summed E-state index contributed by atoms with van der Waals surface area (Å²) in [7, 11) is 0. The van der Waals surface area contributed by atoms with E-state index in [9.17, 15) is 9.59 Å². The van der Waals surface area contributed by atoms with Gasteiger partial charge in [-0.25, -0.2) is 9.59 Å². The van der Waals surface area contributed by atoms with Gasteiger partial charge in [0.2, 0.25) is 0 Å². The highest BCUT2D eigenvalue weighted by Gasteiger charge is 2.22. The minimum absolute atomic E-state index is 0.177. The van der Waals surface area contributed by atoms with E-state index in [1.54, 1.807) is 37.3 Å². The van der Waals surface area contributed by atoms with Crippen LogP contribution < -0.4 is 0 Å². The number of furan rings is 1. The molecular formula is C16H11NO5. The van der Waals surface area contributed by atoms with Gasteiger partial charge in [0.25, 0.3) is 0 Å². The Morgan fingerprint density at radius 2 is 2.09 bits per heavy atom. The fourth-order valence-electron chi connectivity index (χ4n) is 2.05. The molecule has 22 heavy (non-hydrogen) atoms. The maximum Gasteiger partial charge on any atom is 0.367 e. The summed E-state index contributed by atoms with van der Waals surface area (Å²) < 4.78 is 5.63. The third-order valence-corrected chi connectivity index (χ3v) is 3.18. The summed E-state index contributed by atoms with van der Waals surface area (Å²) in [5, 5.41) is 12.6. The van der Waals surface area contributed by atoms with Crippen molar-refractivity contribution in [3.8, 4) is 11.3 Å². The van der Waals surface area contributed by atoms with E-state index in [0.29, 0.717) is 28.4 Å². The lowest BCUT2D eigenvalue weighted by Gasteiger charge is -1.99. The van der Waals surface area contributed by atoms with E-state index >= 15 is 0 Å². The second kappa shape index (κ2) is 5.33. The molecule has 2 aromatic rings. The molecule has 1 N–H and O–H groups in total. The smallest absolute Gasteiger partial charge is 0.367 e. The number of hydrogen-bond acceptors (Lipinski definition) is 5. The van der Waals surface area contributed by atoms with Crippen LogP contribution in [0.5, 0.6) is 0 Å². The average molecular weight is 297 g/mol. The minimum Gasteiger partial charge on any atom is -0.478 e. The molecule has 110 valence electrons. The summed E-state index contributed by atoms with van der Waals surface area (Å²) in [4.78, 5) is 27.0. The van der Waals surface area contributed by atoms with Gasteiger partial charge in [-0.05, 0) is 37.3 Å². The molecule has 1 aromatic heterocycles. The third kappa shape index (κ3) is 2.54. The average Bonchev–Trinajstić information content (AvgIpc) is 3.10. The SMILES string of the molecule is CC1=NOC(=O)/C1=C\c1ccc(-c2cccc(C(=O)O)c2)o1. The normalized spacial score (nSPS) is 15.8. The van der Waals surface area contributed by atoms with Crippen molar-refractivity contribution in [2.45, 2.75) is 6.92 Å². The molecule has 2 heterocycles. The van der Waals surface area contributed by atoms with Crippen molar-refractivity contribution < 1.29 is 24.0 Å². The maximum absolute atomic E-state index is 11.5. The van der Waals surface area contributed by atoms with Gasteiger partial charge in [0.05, 0.1) is 16.8 Å². The van der Waals surface area contributed by atoms with Gasteiger partial charge < -0.3 is 14.4 Å². The first-order valence-corrected chi connectivity index (χ1v) is 6.46. The molecule has 1 aliphatic rings. The first-order valence-electron chi connectivity index (χ1n) is 6.46. The van der Waals surface area contributed by atoms with E-state index in [-0.39, 0.29) is 5.56 Å². The molecule has 1 aliphatic heterocycles. The molecule has 0 amide bonds. The maximum atomic E-state index is 11.5. The highest BCUT2D eigenvalue weighted by Crippen LogP contribution is 2.25. The molecule has 6 nitrogen and oxygen atoms in total. The van der Waals surface area contributed by atoms with Crippen LogP contribution in [0.25, 0.3) is 17.4 Å². The molecule has 6 heteroatoms. The Morgan fingerprint density at radius 3 is 2.77 bits per heavy atom. The summed E-state index contributed by atoms with van der Waals surface area (Å²) >= 11 is 0.